The van der Waals surface area contributed by atoms with Crippen LogP contribution in [0.1, 0.15) is 46.5 Å². The van der Waals surface area contributed by atoms with E-state index in [0.717, 1.165) is 61.2 Å². The number of hydrogen-bond donors (Lipinski definition) is 2. The fourth-order valence-corrected chi connectivity index (χ4v) is 5.04. The molecule has 3 aromatic rings. The molecule has 0 bridgehead atoms. The Labute approximate surface area is 212 Å². The molecule has 0 radical (unpaired) electrons. The van der Waals surface area contributed by atoms with Gasteiger partial charge in [-0.3, -0.25) is 0 Å². The fourth-order valence-electron chi connectivity index (χ4n) is 5.04. The maximum absolute atomic E-state index is 12.5. The van der Waals surface area contributed by atoms with Gasteiger partial charge in [-0.15, -0.1) is 0 Å². The number of carbonyl (C=O) groups is 1. The number of aromatic nitrogens is 3. The Hall–Kier alpha value is -3.33. The second-order valence-electron chi connectivity index (χ2n) is 10.7. The van der Waals surface area contributed by atoms with Crippen LogP contribution in [0.4, 0.5) is 16.4 Å². The molecule has 2 aromatic heterocycles. The zero-order chi connectivity index (χ0) is 25.3. The minimum absolute atomic E-state index is 0.184. The summed E-state index contributed by atoms with van der Waals surface area (Å²) in [6.45, 7) is 8.44. The summed E-state index contributed by atoms with van der Waals surface area (Å²) in [5, 5.41) is 14.4. The van der Waals surface area contributed by atoms with Gasteiger partial charge in [0.15, 0.2) is 0 Å². The Kier molecular flexibility index (Phi) is 6.75. The van der Waals surface area contributed by atoms with Crippen LogP contribution in [0.5, 0.6) is 0 Å². The van der Waals surface area contributed by atoms with Crippen molar-refractivity contribution in [2.75, 3.05) is 36.4 Å². The molecule has 1 aromatic carbocycles. The molecule has 1 saturated carbocycles. The lowest BCUT2D eigenvalue weighted by atomic mass is 9.93. The molecule has 9 nitrogen and oxygen atoms in total. The number of carbonyl (C=O) groups excluding carboxylic acids is 1. The first-order valence-corrected chi connectivity index (χ1v) is 12.9. The highest BCUT2D eigenvalue weighted by atomic mass is 16.6. The van der Waals surface area contributed by atoms with Crippen molar-refractivity contribution in [3.63, 3.8) is 0 Å². The third-order valence-electron chi connectivity index (χ3n) is 6.90. The lowest BCUT2D eigenvalue weighted by molar-refractivity contribution is 0.0240. The number of aliphatic hydroxyl groups excluding tert-OH is 1. The first kappa shape index (κ1) is 24.4. The molecular formula is C27H36N6O3. The number of nitrogens with zero attached hydrogens (tertiary/aromatic N) is 5. The zero-order valence-corrected chi connectivity index (χ0v) is 21.4. The zero-order valence-electron chi connectivity index (χ0n) is 21.4. The lowest BCUT2D eigenvalue weighted by Crippen LogP contribution is -2.50. The maximum atomic E-state index is 12.5. The standard InChI is InChI=1S/C27H36N6O3/c1-27(2,3)36-26(35)32-17-15-31(16-18-32)22-5-4-6-23-21(22)12-14-33(23)24-11-13-28-25(30-24)29-19-7-9-20(34)10-8-19/h4-6,11-14,19-20,34H,7-10,15-18H2,1-3H3,(H,28,29,30). The summed E-state index contributed by atoms with van der Waals surface area (Å²) in [5.41, 5.74) is 1.74. The van der Waals surface area contributed by atoms with Crippen LogP contribution in [0.3, 0.4) is 0 Å². The SMILES string of the molecule is CC(C)(C)OC(=O)N1CCN(c2cccc3c2ccn3-c2ccnc(NC3CCC(O)CC3)n2)CC1. The first-order valence-electron chi connectivity index (χ1n) is 12.9. The second-order valence-corrected chi connectivity index (χ2v) is 10.7. The van der Waals surface area contributed by atoms with Crippen LogP contribution >= 0.6 is 0 Å². The van der Waals surface area contributed by atoms with Crippen molar-refractivity contribution in [1.29, 1.82) is 0 Å². The highest BCUT2D eigenvalue weighted by Crippen LogP contribution is 2.30. The van der Waals surface area contributed by atoms with Gasteiger partial charge in [0.05, 0.1) is 11.6 Å². The summed E-state index contributed by atoms with van der Waals surface area (Å²) in [6.07, 6.45) is 6.88. The molecule has 2 fully saturated rings. The van der Waals surface area contributed by atoms with Crippen molar-refractivity contribution in [2.24, 2.45) is 0 Å². The number of anilines is 2. The molecule has 9 heteroatoms. The third kappa shape index (κ3) is 5.41. The summed E-state index contributed by atoms with van der Waals surface area (Å²) in [7, 11) is 0. The van der Waals surface area contributed by atoms with E-state index in [9.17, 15) is 9.90 Å². The highest BCUT2D eigenvalue weighted by Gasteiger charge is 2.27. The predicted molar refractivity (Wildman–Crippen MR) is 141 cm³/mol. The van der Waals surface area contributed by atoms with Crippen molar-refractivity contribution < 1.29 is 14.6 Å². The van der Waals surface area contributed by atoms with Gasteiger partial charge in [0.2, 0.25) is 5.95 Å². The van der Waals surface area contributed by atoms with Gasteiger partial charge in [-0.2, -0.15) is 4.98 Å². The number of hydrogen-bond acceptors (Lipinski definition) is 7. The van der Waals surface area contributed by atoms with E-state index >= 15 is 0 Å². The minimum Gasteiger partial charge on any atom is -0.444 e. The van der Waals surface area contributed by atoms with E-state index < -0.39 is 5.60 Å². The average molecular weight is 493 g/mol. The molecule has 1 saturated heterocycles. The smallest absolute Gasteiger partial charge is 0.410 e. The number of fused-ring (bicyclic) bond motifs is 1. The van der Waals surface area contributed by atoms with E-state index in [0.29, 0.717) is 19.0 Å². The third-order valence-corrected chi connectivity index (χ3v) is 6.90. The van der Waals surface area contributed by atoms with E-state index in [2.05, 4.69) is 44.0 Å². The lowest BCUT2D eigenvalue weighted by Gasteiger charge is -2.37. The second kappa shape index (κ2) is 9.97. The number of benzene rings is 1. The molecule has 0 atom stereocenters. The number of piperazine rings is 1. The van der Waals surface area contributed by atoms with Crippen molar-refractivity contribution in [3.8, 4) is 5.82 Å². The van der Waals surface area contributed by atoms with Crippen molar-refractivity contribution in [1.82, 2.24) is 19.4 Å². The number of amides is 1. The van der Waals surface area contributed by atoms with Crippen LogP contribution in [-0.2, 0) is 4.74 Å². The molecule has 0 unspecified atom stereocenters. The molecule has 192 valence electrons. The Morgan fingerprint density at radius 3 is 2.53 bits per heavy atom. The average Bonchev–Trinajstić information content (AvgIpc) is 3.29. The molecule has 3 heterocycles. The van der Waals surface area contributed by atoms with Gasteiger partial charge >= 0.3 is 6.09 Å². The molecule has 1 aliphatic heterocycles. The van der Waals surface area contributed by atoms with Crippen LogP contribution in [-0.4, -0.2) is 74.6 Å². The van der Waals surface area contributed by atoms with Crippen LogP contribution in [0.25, 0.3) is 16.7 Å². The van der Waals surface area contributed by atoms with Crippen LogP contribution < -0.4 is 10.2 Å². The number of nitrogens with one attached hydrogen (secondary N) is 1. The molecule has 2 N–H and O–H groups in total. The molecule has 1 aliphatic carbocycles. The number of rotatable bonds is 4. The van der Waals surface area contributed by atoms with Crippen LogP contribution in [0.15, 0.2) is 42.7 Å². The van der Waals surface area contributed by atoms with Crippen LogP contribution in [0.2, 0.25) is 0 Å². The van der Waals surface area contributed by atoms with Crippen molar-refractivity contribution in [2.45, 2.75) is 64.2 Å². The first-order chi connectivity index (χ1) is 17.3. The van der Waals surface area contributed by atoms with E-state index in [1.807, 2.05) is 33.0 Å². The van der Waals surface area contributed by atoms with Gasteiger partial charge in [0, 0.05) is 55.7 Å². The van der Waals surface area contributed by atoms with Gasteiger partial charge in [-0.05, 0) is 70.7 Å². The fraction of sp³-hybridized carbons (Fsp3) is 0.519. The Morgan fingerprint density at radius 2 is 1.81 bits per heavy atom. The summed E-state index contributed by atoms with van der Waals surface area (Å²) in [4.78, 5) is 25.8. The predicted octanol–water partition coefficient (Wildman–Crippen LogP) is 4.19. The van der Waals surface area contributed by atoms with Gasteiger partial charge in [-0.25, -0.2) is 9.78 Å². The Bertz CT molecular complexity index is 1200. The normalized spacial score (nSPS) is 21.0. The van der Waals surface area contributed by atoms with E-state index in [-0.39, 0.29) is 18.2 Å². The van der Waals surface area contributed by atoms with E-state index in [1.54, 1.807) is 11.1 Å². The summed E-state index contributed by atoms with van der Waals surface area (Å²) < 4.78 is 7.63. The molecule has 36 heavy (non-hydrogen) atoms. The van der Waals surface area contributed by atoms with Crippen LogP contribution in [0, 0.1) is 0 Å². The number of aliphatic hydroxyl groups is 1. The van der Waals surface area contributed by atoms with Crippen molar-refractivity contribution in [3.05, 3.63) is 42.7 Å². The van der Waals surface area contributed by atoms with E-state index in [4.69, 9.17) is 9.72 Å². The van der Waals surface area contributed by atoms with Gasteiger partial charge in [0.25, 0.3) is 0 Å². The molecular weight excluding hydrogens is 456 g/mol. The molecule has 1 amide bonds. The minimum atomic E-state index is -0.488. The molecule has 0 spiro atoms. The molecule has 5 rings (SSSR count). The van der Waals surface area contributed by atoms with E-state index in [1.165, 1.54) is 0 Å². The summed E-state index contributed by atoms with van der Waals surface area (Å²) in [5.74, 6) is 1.43. The quantitative estimate of drug-likeness (QED) is 0.564. The Balaban J connectivity index is 1.31. The summed E-state index contributed by atoms with van der Waals surface area (Å²) >= 11 is 0. The maximum Gasteiger partial charge on any atom is 0.410 e. The van der Waals surface area contributed by atoms with Gasteiger partial charge in [-0.1, -0.05) is 6.07 Å². The highest BCUT2D eigenvalue weighted by molar-refractivity contribution is 5.94. The Morgan fingerprint density at radius 1 is 1.06 bits per heavy atom. The largest absolute Gasteiger partial charge is 0.444 e. The van der Waals surface area contributed by atoms with Crippen molar-refractivity contribution >= 4 is 28.6 Å². The molecule has 2 aliphatic rings. The topological polar surface area (TPSA) is 95.8 Å². The van der Waals surface area contributed by atoms with Gasteiger partial charge < -0.3 is 29.5 Å². The monoisotopic (exact) mass is 492 g/mol. The summed E-state index contributed by atoms with van der Waals surface area (Å²) in [6, 6.07) is 10.6. The number of ether oxygens (including phenoxy) is 1. The van der Waals surface area contributed by atoms with Gasteiger partial charge in [0.1, 0.15) is 11.4 Å².